The van der Waals surface area contributed by atoms with Crippen LogP contribution in [0.1, 0.15) is 53.9 Å². The van der Waals surface area contributed by atoms with Crippen LogP contribution < -0.4 is 0 Å². The summed E-state index contributed by atoms with van der Waals surface area (Å²) in [7, 11) is 2.13. The molecule has 1 aromatic rings. The summed E-state index contributed by atoms with van der Waals surface area (Å²) in [6.07, 6.45) is 6.40. The maximum Gasteiger partial charge on any atom is 0.253 e. The Bertz CT molecular complexity index is 476. The molecule has 1 heterocycles. The molecule has 0 spiro atoms. The molecule has 1 saturated heterocycles. The Morgan fingerprint density at radius 3 is 2.38 bits per heavy atom. The molecule has 21 heavy (non-hydrogen) atoms. The van der Waals surface area contributed by atoms with Gasteiger partial charge in [-0.15, -0.1) is 0 Å². The van der Waals surface area contributed by atoms with Crippen LogP contribution in [0.2, 0.25) is 0 Å². The van der Waals surface area contributed by atoms with Crippen LogP contribution in [-0.4, -0.2) is 48.9 Å². The molecule has 3 nitrogen and oxygen atoms in total. The Morgan fingerprint density at radius 2 is 1.67 bits per heavy atom. The van der Waals surface area contributed by atoms with E-state index in [0.29, 0.717) is 0 Å². The standard InChI is InChI=1S/C18H26N2O/c1-19-11-4-12-20(14-13-19)18(21)17-9-7-16(8-10-17)15-5-2-3-6-15/h7-10,15H,2-6,11-14H2,1H3. The normalized spacial score (nSPS) is 21.5. The van der Waals surface area contributed by atoms with Crippen molar-refractivity contribution in [1.29, 1.82) is 0 Å². The van der Waals surface area contributed by atoms with Gasteiger partial charge in [-0.3, -0.25) is 4.79 Å². The summed E-state index contributed by atoms with van der Waals surface area (Å²) in [5.74, 6) is 0.921. The molecule has 0 unspecified atom stereocenters. The number of amides is 1. The summed E-state index contributed by atoms with van der Waals surface area (Å²) < 4.78 is 0. The van der Waals surface area contributed by atoms with Gasteiger partial charge in [0.05, 0.1) is 0 Å². The molecule has 0 radical (unpaired) electrons. The molecule has 1 saturated carbocycles. The van der Waals surface area contributed by atoms with E-state index in [1.54, 1.807) is 0 Å². The Labute approximate surface area is 127 Å². The van der Waals surface area contributed by atoms with E-state index in [-0.39, 0.29) is 5.91 Å². The van der Waals surface area contributed by atoms with Gasteiger partial charge in [-0.05, 0) is 56.5 Å². The number of hydrogen-bond acceptors (Lipinski definition) is 2. The molecule has 0 atom stereocenters. The van der Waals surface area contributed by atoms with Crippen molar-refractivity contribution in [3.63, 3.8) is 0 Å². The topological polar surface area (TPSA) is 23.6 Å². The van der Waals surface area contributed by atoms with Gasteiger partial charge in [-0.1, -0.05) is 25.0 Å². The lowest BCUT2D eigenvalue weighted by molar-refractivity contribution is 0.0763. The lowest BCUT2D eigenvalue weighted by Crippen LogP contribution is -2.34. The zero-order valence-electron chi connectivity index (χ0n) is 13.1. The number of carbonyl (C=O) groups is 1. The van der Waals surface area contributed by atoms with Crippen molar-refractivity contribution in [2.24, 2.45) is 0 Å². The smallest absolute Gasteiger partial charge is 0.253 e. The van der Waals surface area contributed by atoms with Crippen molar-refractivity contribution in [2.75, 3.05) is 33.2 Å². The average molecular weight is 286 g/mol. The van der Waals surface area contributed by atoms with Gasteiger partial charge in [0.25, 0.3) is 5.91 Å². The molecule has 1 aliphatic carbocycles. The highest BCUT2D eigenvalue weighted by molar-refractivity contribution is 5.94. The molecule has 1 aromatic carbocycles. The lowest BCUT2D eigenvalue weighted by Gasteiger charge is -2.21. The predicted molar refractivity (Wildman–Crippen MR) is 85.7 cm³/mol. The average Bonchev–Trinajstić information content (AvgIpc) is 2.96. The number of hydrogen-bond donors (Lipinski definition) is 0. The molecule has 114 valence electrons. The van der Waals surface area contributed by atoms with Crippen molar-refractivity contribution < 1.29 is 4.79 Å². The first-order chi connectivity index (χ1) is 10.2. The third-order valence-corrected chi connectivity index (χ3v) is 4.99. The largest absolute Gasteiger partial charge is 0.337 e. The lowest BCUT2D eigenvalue weighted by atomic mass is 9.96. The van der Waals surface area contributed by atoms with Crippen LogP contribution in [0, 0.1) is 0 Å². The minimum atomic E-state index is 0.197. The van der Waals surface area contributed by atoms with Gasteiger partial charge < -0.3 is 9.80 Å². The van der Waals surface area contributed by atoms with Crippen molar-refractivity contribution in [3.05, 3.63) is 35.4 Å². The molecule has 1 aliphatic heterocycles. The summed E-state index contributed by atoms with van der Waals surface area (Å²) in [5, 5.41) is 0. The van der Waals surface area contributed by atoms with Gasteiger partial charge in [-0.2, -0.15) is 0 Å². The summed E-state index contributed by atoms with van der Waals surface area (Å²) >= 11 is 0. The molecule has 0 bridgehead atoms. The molecular weight excluding hydrogens is 260 g/mol. The van der Waals surface area contributed by atoms with Gasteiger partial charge in [0, 0.05) is 25.2 Å². The van der Waals surface area contributed by atoms with Crippen molar-refractivity contribution in [1.82, 2.24) is 9.80 Å². The van der Waals surface area contributed by atoms with E-state index in [1.807, 2.05) is 17.0 Å². The fourth-order valence-electron chi connectivity index (χ4n) is 3.59. The minimum Gasteiger partial charge on any atom is -0.337 e. The van der Waals surface area contributed by atoms with E-state index in [2.05, 4.69) is 24.1 Å². The highest BCUT2D eigenvalue weighted by atomic mass is 16.2. The molecule has 3 heteroatoms. The van der Waals surface area contributed by atoms with Crippen molar-refractivity contribution in [2.45, 2.75) is 38.0 Å². The minimum absolute atomic E-state index is 0.197. The molecular formula is C18H26N2O. The van der Waals surface area contributed by atoms with Crippen LogP contribution >= 0.6 is 0 Å². The fourth-order valence-corrected chi connectivity index (χ4v) is 3.59. The Kier molecular flexibility index (Phi) is 4.59. The van der Waals surface area contributed by atoms with Crippen LogP contribution in [0.4, 0.5) is 0 Å². The molecule has 2 aliphatic rings. The highest BCUT2D eigenvalue weighted by Gasteiger charge is 2.20. The van der Waals surface area contributed by atoms with E-state index in [0.717, 1.165) is 44.1 Å². The Morgan fingerprint density at radius 1 is 0.952 bits per heavy atom. The van der Waals surface area contributed by atoms with Gasteiger partial charge in [0.1, 0.15) is 0 Å². The first-order valence-electron chi connectivity index (χ1n) is 8.32. The summed E-state index contributed by atoms with van der Waals surface area (Å²) in [4.78, 5) is 16.9. The van der Waals surface area contributed by atoms with Gasteiger partial charge >= 0.3 is 0 Å². The first kappa shape index (κ1) is 14.6. The fraction of sp³-hybridized carbons (Fsp3) is 0.611. The number of likely N-dealkylation sites (N-methyl/N-ethyl adjacent to an activating group) is 1. The third-order valence-electron chi connectivity index (χ3n) is 4.99. The van der Waals surface area contributed by atoms with Crippen molar-refractivity contribution in [3.8, 4) is 0 Å². The van der Waals surface area contributed by atoms with E-state index in [1.165, 1.54) is 31.2 Å². The van der Waals surface area contributed by atoms with Crippen LogP contribution in [0.3, 0.4) is 0 Å². The van der Waals surface area contributed by atoms with Crippen LogP contribution in [0.15, 0.2) is 24.3 Å². The van der Waals surface area contributed by atoms with Crippen LogP contribution in [0.25, 0.3) is 0 Å². The van der Waals surface area contributed by atoms with Gasteiger partial charge in [0.15, 0.2) is 0 Å². The maximum absolute atomic E-state index is 12.6. The number of nitrogens with zero attached hydrogens (tertiary/aromatic N) is 2. The quantitative estimate of drug-likeness (QED) is 0.834. The Balaban J connectivity index is 1.66. The predicted octanol–water partition coefficient (Wildman–Crippen LogP) is 3.12. The summed E-state index contributed by atoms with van der Waals surface area (Å²) in [6, 6.07) is 8.41. The van der Waals surface area contributed by atoms with Crippen LogP contribution in [0.5, 0.6) is 0 Å². The van der Waals surface area contributed by atoms with E-state index < -0.39 is 0 Å². The summed E-state index contributed by atoms with van der Waals surface area (Å²) in [5.41, 5.74) is 2.26. The number of rotatable bonds is 2. The second kappa shape index (κ2) is 6.61. The maximum atomic E-state index is 12.6. The van der Waals surface area contributed by atoms with Crippen molar-refractivity contribution >= 4 is 5.91 Å². The van der Waals surface area contributed by atoms with Gasteiger partial charge in [-0.25, -0.2) is 0 Å². The zero-order chi connectivity index (χ0) is 14.7. The first-order valence-corrected chi connectivity index (χ1v) is 8.32. The zero-order valence-corrected chi connectivity index (χ0v) is 13.1. The molecule has 3 rings (SSSR count). The monoisotopic (exact) mass is 286 g/mol. The SMILES string of the molecule is CN1CCCN(C(=O)c2ccc(C3CCCC3)cc2)CC1. The second-order valence-corrected chi connectivity index (χ2v) is 6.55. The van der Waals surface area contributed by atoms with E-state index >= 15 is 0 Å². The summed E-state index contributed by atoms with van der Waals surface area (Å²) in [6.45, 7) is 3.80. The Hall–Kier alpha value is -1.35. The molecule has 0 N–H and O–H groups in total. The number of benzene rings is 1. The number of carbonyl (C=O) groups excluding carboxylic acids is 1. The second-order valence-electron chi connectivity index (χ2n) is 6.55. The molecule has 2 fully saturated rings. The highest BCUT2D eigenvalue weighted by Crippen LogP contribution is 2.34. The third kappa shape index (κ3) is 3.46. The van der Waals surface area contributed by atoms with Crippen LogP contribution in [-0.2, 0) is 0 Å². The molecule has 0 aromatic heterocycles. The molecule has 1 amide bonds. The van der Waals surface area contributed by atoms with E-state index in [9.17, 15) is 4.79 Å². The van der Waals surface area contributed by atoms with Gasteiger partial charge in [0.2, 0.25) is 0 Å². The van der Waals surface area contributed by atoms with E-state index in [4.69, 9.17) is 0 Å².